The standard InChI is InChI=1S/C6H7N2O.Rh/c1-5-7-6(4-9)3-8(5)2;/h4H,1-2H3;/q-1;. The maximum absolute atomic E-state index is 10.1. The van der Waals surface area contributed by atoms with Crippen molar-refractivity contribution in [2.75, 3.05) is 0 Å². The molecule has 0 aromatic carbocycles. The second kappa shape index (κ2) is 3.62. The van der Waals surface area contributed by atoms with Crippen LogP contribution in [0.2, 0.25) is 0 Å². The molecule has 0 atom stereocenters. The maximum Gasteiger partial charge on any atom is 0.0666 e. The van der Waals surface area contributed by atoms with Gasteiger partial charge >= 0.3 is 0 Å². The Hall–Kier alpha value is -0.497. The van der Waals surface area contributed by atoms with Gasteiger partial charge in [0.1, 0.15) is 0 Å². The first kappa shape index (κ1) is 9.50. The van der Waals surface area contributed by atoms with E-state index in [0.717, 1.165) is 5.82 Å². The Morgan fingerprint density at radius 2 is 2.30 bits per heavy atom. The van der Waals surface area contributed by atoms with E-state index in [1.165, 1.54) is 0 Å². The fraction of sp³-hybridized carbons (Fsp3) is 0.333. The monoisotopic (exact) mass is 226 g/mol. The van der Waals surface area contributed by atoms with E-state index in [1.807, 2.05) is 6.92 Å². The van der Waals surface area contributed by atoms with E-state index in [9.17, 15) is 4.79 Å². The molecule has 57 valence electrons. The summed E-state index contributed by atoms with van der Waals surface area (Å²) in [6.45, 7) is 1.82. The summed E-state index contributed by atoms with van der Waals surface area (Å²) in [5.74, 6) is 0.803. The zero-order chi connectivity index (χ0) is 6.85. The minimum Gasteiger partial charge on any atom is -0.444 e. The largest absolute Gasteiger partial charge is 0.444 e. The minimum atomic E-state index is 0. The molecule has 0 unspecified atom stereocenters. The molecule has 0 spiro atoms. The van der Waals surface area contributed by atoms with Crippen molar-refractivity contribution < 1.29 is 24.3 Å². The van der Waals surface area contributed by atoms with Gasteiger partial charge in [-0.05, 0) is 12.7 Å². The predicted molar refractivity (Wildman–Crippen MR) is 32.2 cm³/mol. The molecule has 10 heavy (non-hydrogen) atoms. The van der Waals surface area contributed by atoms with Gasteiger partial charge in [0.05, 0.1) is 6.29 Å². The summed E-state index contributed by atoms with van der Waals surface area (Å²) < 4.78 is 1.68. The van der Waals surface area contributed by atoms with E-state index in [4.69, 9.17) is 0 Å². The molecule has 0 amide bonds. The molecule has 0 aliphatic rings. The van der Waals surface area contributed by atoms with E-state index >= 15 is 0 Å². The summed E-state index contributed by atoms with van der Waals surface area (Å²) >= 11 is 0. The molecule has 0 saturated carbocycles. The number of rotatable bonds is 1. The molecule has 1 heterocycles. The van der Waals surface area contributed by atoms with Crippen LogP contribution < -0.4 is 0 Å². The number of aldehydes is 1. The van der Waals surface area contributed by atoms with Crippen LogP contribution in [0.4, 0.5) is 0 Å². The molecule has 0 bridgehead atoms. The van der Waals surface area contributed by atoms with Gasteiger partial charge in [0.2, 0.25) is 0 Å². The zero-order valence-corrected chi connectivity index (χ0v) is 7.35. The van der Waals surface area contributed by atoms with Crippen LogP contribution in [0, 0.1) is 13.1 Å². The van der Waals surface area contributed by atoms with Gasteiger partial charge in [-0.2, -0.15) is 0 Å². The molecule has 0 fully saturated rings. The smallest absolute Gasteiger partial charge is 0.0666 e. The predicted octanol–water partition coefficient (Wildman–Crippen LogP) is 0.339. The van der Waals surface area contributed by atoms with Gasteiger partial charge in [0, 0.05) is 25.3 Å². The van der Waals surface area contributed by atoms with E-state index in [0.29, 0.717) is 12.0 Å². The normalized spacial score (nSPS) is 8.60. The first-order chi connectivity index (χ1) is 4.24. The number of nitrogens with zero attached hydrogens (tertiary/aromatic N) is 2. The number of hydrogen-bond acceptors (Lipinski definition) is 2. The van der Waals surface area contributed by atoms with E-state index in [2.05, 4.69) is 11.2 Å². The molecule has 0 aliphatic carbocycles. The van der Waals surface area contributed by atoms with E-state index in [1.54, 1.807) is 11.6 Å². The van der Waals surface area contributed by atoms with Crippen LogP contribution in [-0.2, 0) is 26.5 Å². The fourth-order valence-corrected chi connectivity index (χ4v) is 0.580. The van der Waals surface area contributed by atoms with Crippen LogP contribution in [0.15, 0.2) is 0 Å². The molecule has 1 aromatic rings. The third-order valence-corrected chi connectivity index (χ3v) is 1.16. The Balaban J connectivity index is 0.000000810. The van der Waals surface area contributed by atoms with E-state index in [-0.39, 0.29) is 19.5 Å². The van der Waals surface area contributed by atoms with Crippen molar-refractivity contribution in [2.24, 2.45) is 7.05 Å². The van der Waals surface area contributed by atoms with Crippen molar-refractivity contribution in [3.8, 4) is 0 Å². The fourth-order valence-electron chi connectivity index (χ4n) is 0.580. The van der Waals surface area contributed by atoms with Crippen molar-refractivity contribution in [1.82, 2.24) is 9.55 Å². The van der Waals surface area contributed by atoms with Crippen LogP contribution in [0.1, 0.15) is 16.3 Å². The summed E-state index contributed by atoms with van der Waals surface area (Å²) in [6, 6.07) is 0. The van der Waals surface area contributed by atoms with Crippen molar-refractivity contribution in [3.63, 3.8) is 0 Å². The SMILES string of the molecule is Cc1nc(C=O)[c-]n1C.[Rh]. The van der Waals surface area contributed by atoms with Crippen LogP contribution >= 0.6 is 0 Å². The molecule has 1 radical (unpaired) electrons. The molecule has 0 N–H and O–H groups in total. The van der Waals surface area contributed by atoms with Crippen molar-refractivity contribution in [3.05, 3.63) is 17.7 Å². The Bertz CT molecular complexity index is 212. The van der Waals surface area contributed by atoms with Crippen molar-refractivity contribution in [1.29, 1.82) is 0 Å². The Kier molecular flexibility index (Phi) is 3.44. The van der Waals surface area contributed by atoms with Crippen LogP contribution in [-0.4, -0.2) is 15.8 Å². The molecular formula is C6H7N2ORh-. The van der Waals surface area contributed by atoms with Gasteiger partial charge in [-0.1, -0.05) is 13.1 Å². The molecule has 1 rings (SSSR count). The Morgan fingerprint density at radius 1 is 1.70 bits per heavy atom. The molecule has 3 nitrogen and oxygen atoms in total. The second-order valence-electron chi connectivity index (χ2n) is 1.83. The number of hydrogen-bond donors (Lipinski definition) is 0. The van der Waals surface area contributed by atoms with Gasteiger partial charge in [0.25, 0.3) is 0 Å². The average Bonchev–Trinajstić information content (AvgIpc) is 2.13. The number of carbonyl (C=O) groups excluding carboxylic acids is 1. The topological polar surface area (TPSA) is 34.9 Å². The van der Waals surface area contributed by atoms with Crippen LogP contribution in [0.3, 0.4) is 0 Å². The quantitative estimate of drug-likeness (QED) is 0.393. The molecule has 0 saturated heterocycles. The van der Waals surface area contributed by atoms with Crippen molar-refractivity contribution in [2.45, 2.75) is 6.92 Å². The van der Waals surface area contributed by atoms with Gasteiger partial charge in [-0.15, -0.1) is 0 Å². The van der Waals surface area contributed by atoms with E-state index < -0.39 is 0 Å². The molecule has 4 heteroatoms. The Labute approximate surface area is 72.2 Å². The van der Waals surface area contributed by atoms with Crippen LogP contribution in [0.25, 0.3) is 0 Å². The number of aryl methyl sites for hydroxylation is 2. The van der Waals surface area contributed by atoms with Gasteiger partial charge in [0.15, 0.2) is 0 Å². The third-order valence-electron chi connectivity index (χ3n) is 1.16. The summed E-state index contributed by atoms with van der Waals surface area (Å²) in [5.41, 5.74) is 0.370. The average molecular weight is 226 g/mol. The summed E-state index contributed by atoms with van der Waals surface area (Å²) in [5, 5.41) is 0. The number of carbonyl (C=O) groups is 1. The van der Waals surface area contributed by atoms with Crippen molar-refractivity contribution >= 4 is 6.29 Å². The summed E-state index contributed by atoms with van der Waals surface area (Å²) in [6.07, 6.45) is 3.42. The maximum atomic E-state index is 10.1. The molecule has 1 aromatic heterocycles. The third kappa shape index (κ3) is 1.74. The van der Waals surface area contributed by atoms with Gasteiger partial charge < -0.3 is 14.3 Å². The first-order valence-electron chi connectivity index (χ1n) is 2.62. The van der Waals surface area contributed by atoms with Crippen LogP contribution in [0.5, 0.6) is 0 Å². The second-order valence-corrected chi connectivity index (χ2v) is 1.83. The number of imidazole rings is 1. The first-order valence-corrected chi connectivity index (χ1v) is 2.62. The zero-order valence-electron chi connectivity index (χ0n) is 5.71. The number of aromatic nitrogens is 2. The summed E-state index contributed by atoms with van der Waals surface area (Å²) in [4.78, 5) is 13.9. The van der Waals surface area contributed by atoms with Gasteiger partial charge in [-0.3, -0.25) is 0 Å². The molecule has 0 aliphatic heterocycles. The molecular weight excluding hydrogens is 219 g/mol. The Morgan fingerprint density at radius 3 is 2.50 bits per heavy atom. The van der Waals surface area contributed by atoms with Gasteiger partial charge in [-0.25, -0.2) is 0 Å². The minimum absolute atomic E-state index is 0. The summed E-state index contributed by atoms with van der Waals surface area (Å²) in [7, 11) is 1.80.